The zero-order valence-corrected chi connectivity index (χ0v) is 17.4. The van der Waals surface area contributed by atoms with Crippen LogP contribution in [0.1, 0.15) is 31.4 Å². The summed E-state index contributed by atoms with van der Waals surface area (Å²) in [5, 5.41) is 15.6. The first-order chi connectivity index (χ1) is 13.9. The van der Waals surface area contributed by atoms with E-state index in [0.717, 1.165) is 18.4 Å². The number of anilines is 1. The maximum atomic E-state index is 13.0. The maximum Gasteiger partial charge on any atom is 0.416 e. The van der Waals surface area contributed by atoms with E-state index in [4.69, 9.17) is 0 Å². The average molecular weight is 441 g/mol. The van der Waals surface area contributed by atoms with Crippen LogP contribution in [0.25, 0.3) is 10.9 Å². The lowest BCUT2D eigenvalue weighted by molar-refractivity contribution is -0.137. The largest absolute Gasteiger partial charge is 0.416 e. The molecule has 0 amide bonds. The molecule has 1 heterocycles. The van der Waals surface area contributed by atoms with Gasteiger partial charge in [0.2, 0.25) is 10.0 Å². The Kier molecular flexibility index (Phi) is 5.59. The molecule has 162 valence electrons. The summed E-state index contributed by atoms with van der Waals surface area (Å²) in [4.78, 5) is 0. The zero-order valence-electron chi connectivity index (χ0n) is 16.6. The molecule has 0 aliphatic carbocycles. The number of nitrogens with one attached hydrogen (secondary N) is 1. The molecule has 2 aromatic carbocycles. The van der Waals surface area contributed by atoms with Gasteiger partial charge in [0.25, 0.3) is 0 Å². The number of nitrogens with zero attached hydrogens (tertiary/aromatic N) is 2. The molecule has 0 aliphatic rings. The van der Waals surface area contributed by atoms with Crippen molar-refractivity contribution in [3.63, 3.8) is 0 Å². The number of alkyl halides is 3. The quantitative estimate of drug-likeness (QED) is 0.607. The van der Waals surface area contributed by atoms with Crippen LogP contribution in [0.15, 0.2) is 48.7 Å². The predicted molar refractivity (Wildman–Crippen MR) is 109 cm³/mol. The Morgan fingerprint density at radius 2 is 1.73 bits per heavy atom. The molecule has 0 saturated carbocycles. The smallest absolute Gasteiger partial charge is 0.391 e. The van der Waals surface area contributed by atoms with Gasteiger partial charge in [-0.25, -0.2) is 8.42 Å². The second kappa shape index (κ2) is 7.59. The van der Waals surface area contributed by atoms with E-state index < -0.39 is 33.4 Å². The molecule has 0 spiro atoms. The minimum absolute atomic E-state index is 0.323. The highest BCUT2D eigenvalue weighted by Crippen LogP contribution is 2.39. The highest BCUT2D eigenvalue weighted by Gasteiger charge is 2.40. The highest BCUT2D eigenvalue weighted by molar-refractivity contribution is 7.92. The fraction of sp³-hybridized carbons (Fsp3) is 0.350. The monoisotopic (exact) mass is 441 g/mol. The number of hydrogen-bond acceptors (Lipinski definition) is 4. The zero-order chi connectivity index (χ0) is 22.3. The van der Waals surface area contributed by atoms with E-state index in [9.17, 15) is 26.7 Å². The second-order valence-electron chi connectivity index (χ2n) is 7.20. The van der Waals surface area contributed by atoms with Crippen molar-refractivity contribution in [1.82, 2.24) is 9.78 Å². The summed E-state index contributed by atoms with van der Waals surface area (Å²) in [5.41, 5.74) is -0.628. The molecule has 0 bridgehead atoms. The molecule has 10 heteroatoms. The first-order valence-corrected chi connectivity index (χ1v) is 11.1. The third kappa shape index (κ3) is 3.89. The van der Waals surface area contributed by atoms with Gasteiger partial charge in [0.05, 0.1) is 35.3 Å². The number of sulfonamides is 1. The molecule has 2 atom stereocenters. The number of aromatic nitrogens is 2. The summed E-state index contributed by atoms with van der Waals surface area (Å²) in [6.45, 7) is 3.35. The lowest BCUT2D eigenvalue weighted by Gasteiger charge is -2.37. The Morgan fingerprint density at radius 1 is 1.13 bits per heavy atom. The van der Waals surface area contributed by atoms with E-state index in [1.165, 1.54) is 18.3 Å². The number of benzene rings is 2. The van der Waals surface area contributed by atoms with Gasteiger partial charge in [0.15, 0.2) is 0 Å². The number of aliphatic hydroxyl groups excluding tert-OH is 1. The van der Waals surface area contributed by atoms with Crippen LogP contribution in [-0.4, -0.2) is 35.7 Å². The summed E-state index contributed by atoms with van der Waals surface area (Å²) in [6, 6.07) is 9.57. The Bertz CT molecular complexity index is 1160. The second-order valence-corrected chi connectivity index (χ2v) is 8.95. The van der Waals surface area contributed by atoms with Crippen molar-refractivity contribution in [2.45, 2.75) is 38.1 Å². The molecule has 0 fully saturated rings. The Labute approximate surface area is 172 Å². The van der Waals surface area contributed by atoms with Crippen LogP contribution >= 0.6 is 0 Å². The Morgan fingerprint density at radius 3 is 2.23 bits per heavy atom. The molecule has 0 radical (unpaired) electrons. The van der Waals surface area contributed by atoms with Crippen molar-refractivity contribution in [2.24, 2.45) is 0 Å². The van der Waals surface area contributed by atoms with Crippen LogP contribution in [0.3, 0.4) is 0 Å². The van der Waals surface area contributed by atoms with Crippen molar-refractivity contribution in [1.29, 1.82) is 0 Å². The van der Waals surface area contributed by atoms with E-state index in [-0.39, 0.29) is 0 Å². The summed E-state index contributed by atoms with van der Waals surface area (Å²) in [5.74, 6) is 0. The van der Waals surface area contributed by atoms with E-state index in [1.54, 1.807) is 36.7 Å². The SMILES string of the molecule is CC[C@@](c1ccc(C(F)(F)F)cc1)(C(C)O)n1ncc2c(NS(C)(=O)=O)cccc21. The van der Waals surface area contributed by atoms with Gasteiger partial charge in [-0.15, -0.1) is 0 Å². The van der Waals surface area contributed by atoms with E-state index in [1.807, 2.05) is 0 Å². The molecule has 1 unspecified atom stereocenters. The Hall–Kier alpha value is -2.59. The Balaban J connectivity index is 2.22. The summed E-state index contributed by atoms with van der Waals surface area (Å²) in [6.07, 6.45) is -2.64. The molecule has 0 saturated heterocycles. The van der Waals surface area contributed by atoms with E-state index in [0.29, 0.717) is 28.6 Å². The predicted octanol–water partition coefficient (Wildman–Crippen LogP) is 3.96. The van der Waals surface area contributed by atoms with Crippen LogP contribution in [0.2, 0.25) is 0 Å². The lowest BCUT2D eigenvalue weighted by Crippen LogP contribution is -2.45. The summed E-state index contributed by atoms with van der Waals surface area (Å²) < 4.78 is 66.3. The molecule has 0 aliphatic heterocycles. The summed E-state index contributed by atoms with van der Waals surface area (Å²) >= 11 is 0. The molecule has 6 nitrogen and oxygen atoms in total. The molecule has 3 rings (SSSR count). The van der Waals surface area contributed by atoms with Gasteiger partial charge >= 0.3 is 6.18 Å². The molecule has 30 heavy (non-hydrogen) atoms. The lowest BCUT2D eigenvalue weighted by atomic mass is 9.82. The van der Waals surface area contributed by atoms with Crippen LogP contribution in [0.4, 0.5) is 18.9 Å². The average Bonchev–Trinajstić information content (AvgIpc) is 3.07. The van der Waals surface area contributed by atoms with Gasteiger partial charge in [-0.3, -0.25) is 9.40 Å². The molecule has 2 N–H and O–H groups in total. The van der Waals surface area contributed by atoms with Crippen molar-refractivity contribution >= 4 is 26.6 Å². The maximum absolute atomic E-state index is 13.0. The topological polar surface area (TPSA) is 84.2 Å². The van der Waals surface area contributed by atoms with Gasteiger partial charge in [-0.1, -0.05) is 25.1 Å². The van der Waals surface area contributed by atoms with Gasteiger partial charge in [-0.05, 0) is 43.2 Å². The first kappa shape index (κ1) is 22.1. The third-order valence-corrected chi connectivity index (χ3v) is 5.82. The minimum Gasteiger partial charge on any atom is -0.391 e. The van der Waals surface area contributed by atoms with Gasteiger partial charge in [0, 0.05) is 5.39 Å². The number of fused-ring (bicyclic) bond motifs is 1. The van der Waals surface area contributed by atoms with Crippen molar-refractivity contribution < 1.29 is 26.7 Å². The highest BCUT2D eigenvalue weighted by atomic mass is 32.2. The standard InChI is InChI=1S/C20H22F3N3O3S/c1-4-19(13(2)27,14-8-10-15(11-9-14)20(21,22)23)26-18-7-5-6-17(16(18)12-24-26)25-30(3,28)29/h5-13,25,27H,4H2,1-3H3/t13?,19-/m0/s1. The van der Waals surface area contributed by atoms with Crippen molar-refractivity contribution in [3.05, 3.63) is 59.8 Å². The molecule has 3 aromatic rings. The van der Waals surface area contributed by atoms with Crippen molar-refractivity contribution in [2.75, 3.05) is 11.0 Å². The normalized spacial score (nSPS) is 15.7. The van der Waals surface area contributed by atoms with Gasteiger partial charge in [0.1, 0.15) is 5.54 Å². The fourth-order valence-electron chi connectivity index (χ4n) is 3.80. The van der Waals surface area contributed by atoms with Crippen LogP contribution < -0.4 is 4.72 Å². The number of hydrogen-bond donors (Lipinski definition) is 2. The molecule has 1 aromatic heterocycles. The van der Waals surface area contributed by atoms with E-state index in [2.05, 4.69) is 9.82 Å². The first-order valence-electron chi connectivity index (χ1n) is 9.21. The molecular weight excluding hydrogens is 419 g/mol. The van der Waals surface area contributed by atoms with Crippen LogP contribution in [-0.2, 0) is 21.7 Å². The van der Waals surface area contributed by atoms with Gasteiger partial charge < -0.3 is 5.11 Å². The summed E-state index contributed by atoms with van der Waals surface area (Å²) in [7, 11) is -3.53. The van der Waals surface area contributed by atoms with E-state index >= 15 is 0 Å². The number of rotatable bonds is 6. The van der Waals surface area contributed by atoms with Crippen LogP contribution in [0.5, 0.6) is 0 Å². The fourth-order valence-corrected chi connectivity index (χ4v) is 4.37. The van der Waals surface area contributed by atoms with Gasteiger partial charge in [-0.2, -0.15) is 18.3 Å². The third-order valence-electron chi connectivity index (χ3n) is 5.23. The molecular formula is C20H22F3N3O3S. The van der Waals surface area contributed by atoms with Crippen LogP contribution in [0, 0.1) is 0 Å². The minimum atomic E-state index is -4.47. The number of aliphatic hydroxyl groups is 1. The van der Waals surface area contributed by atoms with Crippen molar-refractivity contribution in [3.8, 4) is 0 Å². The number of halogens is 3.